The van der Waals surface area contributed by atoms with Gasteiger partial charge in [-0.3, -0.25) is 9.71 Å². The minimum absolute atomic E-state index is 0.0116. The largest absolute Gasteiger partial charge is 0.495 e. The Balaban J connectivity index is 1.92. The van der Waals surface area contributed by atoms with Crippen LogP contribution in [0.15, 0.2) is 58.4 Å². The van der Waals surface area contributed by atoms with Crippen molar-refractivity contribution in [3.63, 3.8) is 0 Å². The molecule has 0 amide bonds. The fourth-order valence-corrected chi connectivity index (χ4v) is 4.04. The molecule has 140 valence electrons. The van der Waals surface area contributed by atoms with E-state index in [1.165, 1.54) is 26.5 Å². The molecule has 0 aliphatic heterocycles. The van der Waals surface area contributed by atoms with Crippen molar-refractivity contribution in [2.75, 3.05) is 18.9 Å². The van der Waals surface area contributed by atoms with Crippen LogP contribution >= 0.6 is 15.9 Å². The Kier molecular flexibility index (Phi) is 5.57. The number of rotatable bonds is 6. The first-order valence-electron chi connectivity index (χ1n) is 7.61. The summed E-state index contributed by atoms with van der Waals surface area (Å²) in [5.41, 5.74) is 1.62. The van der Waals surface area contributed by atoms with Crippen LogP contribution in [-0.2, 0) is 10.0 Å². The van der Waals surface area contributed by atoms with Gasteiger partial charge in [0.15, 0.2) is 0 Å². The third kappa shape index (κ3) is 4.34. The van der Waals surface area contributed by atoms with Gasteiger partial charge >= 0.3 is 6.01 Å². The number of aromatic nitrogens is 3. The highest BCUT2D eigenvalue weighted by Crippen LogP contribution is 2.29. The SMILES string of the molecule is COc1ncc(-c2cncc(NS(=O)(=O)c3cc(Br)ccc3OC)c2)cn1. The van der Waals surface area contributed by atoms with E-state index in [1.807, 2.05) is 0 Å². The topological polar surface area (TPSA) is 103 Å². The summed E-state index contributed by atoms with van der Waals surface area (Å²) in [5, 5.41) is 0. The first-order chi connectivity index (χ1) is 12.9. The first kappa shape index (κ1) is 19.1. The van der Waals surface area contributed by atoms with Crippen LogP contribution in [0.25, 0.3) is 11.1 Å². The Morgan fingerprint density at radius 2 is 1.70 bits per heavy atom. The normalized spacial score (nSPS) is 11.1. The van der Waals surface area contributed by atoms with Crippen LogP contribution in [0.2, 0.25) is 0 Å². The molecule has 10 heteroatoms. The van der Waals surface area contributed by atoms with Gasteiger partial charge < -0.3 is 9.47 Å². The van der Waals surface area contributed by atoms with E-state index in [1.54, 1.807) is 36.8 Å². The molecule has 27 heavy (non-hydrogen) atoms. The number of hydrogen-bond acceptors (Lipinski definition) is 7. The van der Waals surface area contributed by atoms with Gasteiger partial charge in [0, 0.05) is 34.2 Å². The highest BCUT2D eigenvalue weighted by molar-refractivity contribution is 9.10. The highest BCUT2D eigenvalue weighted by atomic mass is 79.9. The minimum atomic E-state index is -3.88. The molecule has 3 aromatic rings. The van der Waals surface area contributed by atoms with Crippen LogP contribution in [0.1, 0.15) is 0 Å². The molecule has 0 aliphatic rings. The van der Waals surface area contributed by atoms with Crippen LogP contribution in [0.3, 0.4) is 0 Å². The zero-order valence-electron chi connectivity index (χ0n) is 14.4. The molecule has 0 radical (unpaired) electrons. The number of ether oxygens (including phenoxy) is 2. The Morgan fingerprint density at radius 3 is 2.37 bits per heavy atom. The zero-order valence-corrected chi connectivity index (χ0v) is 16.8. The molecule has 0 saturated heterocycles. The lowest BCUT2D eigenvalue weighted by Gasteiger charge is -2.12. The van der Waals surface area contributed by atoms with Crippen molar-refractivity contribution in [1.82, 2.24) is 15.0 Å². The van der Waals surface area contributed by atoms with Crippen molar-refractivity contribution in [1.29, 1.82) is 0 Å². The quantitative estimate of drug-likeness (QED) is 0.614. The second-order valence-electron chi connectivity index (χ2n) is 5.32. The third-order valence-electron chi connectivity index (χ3n) is 3.55. The predicted octanol–water partition coefficient (Wildman–Crippen LogP) is 3.12. The fourth-order valence-electron chi connectivity index (χ4n) is 2.29. The molecule has 0 saturated carbocycles. The van der Waals surface area contributed by atoms with Gasteiger partial charge in [0.1, 0.15) is 10.6 Å². The number of pyridine rings is 1. The van der Waals surface area contributed by atoms with E-state index in [9.17, 15) is 8.42 Å². The van der Waals surface area contributed by atoms with Gasteiger partial charge in [0.05, 0.1) is 26.1 Å². The standard InChI is InChI=1S/C17H15BrN4O4S/c1-25-15-4-3-13(18)6-16(15)27(23,24)22-14-5-11(7-19-10-14)12-8-20-17(26-2)21-9-12/h3-10,22H,1-2H3. The van der Waals surface area contributed by atoms with E-state index in [-0.39, 0.29) is 16.7 Å². The summed E-state index contributed by atoms with van der Waals surface area (Å²) in [6.45, 7) is 0. The molecule has 0 spiro atoms. The summed E-state index contributed by atoms with van der Waals surface area (Å²) in [7, 11) is -0.999. The number of sulfonamides is 1. The molecule has 0 aliphatic carbocycles. The molecular formula is C17H15BrN4O4S. The summed E-state index contributed by atoms with van der Waals surface area (Å²) in [4.78, 5) is 12.2. The van der Waals surface area contributed by atoms with E-state index in [0.717, 1.165) is 0 Å². The minimum Gasteiger partial charge on any atom is -0.495 e. The van der Waals surface area contributed by atoms with Gasteiger partial charge in [-0.1, -0.05) is 15.9 Å². The van der Waals surface area contributed by atoms with E-state index in [0.29, 0.717) is 21.3 Å². The van der Waals surface area contributed by atoms with Crippen LogP contribution < -0.4 is 14.2 Å². The molecule has 2 heterocycles. The van der Waals surface area contributed by atoms with Gasteiger partial charge in [-0.15, -0.1) is 0 Å². The second kappa shape index (κ2) is 7.89. The number of nitrogens with one attached hydrogen (secondary N) is 1. The maximum absolute atomic E-state index is 12.8. The maximum atomic E-state index is 12.8. The van der Waals surface area contributed by atoms with E-state index in [4.69, 9.17) is 9.47 Å². The van der Waals surface area contributed by atoms with Crippen LogP contribution in [0.4, 0.5) is 5.69 Å². The molecule has 3 rings (SSSR count). The summed E-state index contributed by atoms with van der Waals surface area (Å²) in [6, 6.07) is 6.62. The molecule has 2 aromatic heterocycles. The number of nitrogens with zero attached hydrogens (tertiary/aromatic N) is 3. The summed E-state index contributed by atoms with van der Waals surface area (Å²) < 4.78 is 38.8. The highest BCUT2D eigenvalue weighted by Gasteiger charge is 2.20. The number of halogens is 1. The molecule has 0 unspecified atom stereocenters. The summed E-state index contributed by atoms with van der Waals surface area (Å²) in [6.07, 6.45) is 6.13. The number of benzene rings is 1. The monoisotopic (exact) mass is 450 g/mol. The lowest BCUT2D eigenvalue weighted by Crippen LogP contribution is -2.14. The zero-order chi connectivity index (χ0) is 19.4. The van der Waals surface area contributed by atoms with Crippen molar-refractivity contribution in [3.8, 4) is 22.9 Å². The molecular weight excluding hydrogens is 436 g/mol. The molecule has 0 atom stereocenters. The van der Waals surface area contributed by atoms with Crippen LogP contribution in [-0.4, -0.2) is 37.6 Å². The average molecular weight is 451 g/mol. The number of anilines is 1. The van der Waals surface area contributed by atoms with E-state index < -0.39 is 10.0 Å². The lowest BCUT2D eigenvalue weighted by molar-refractivity contribution is 0.380. The molecule has 1 N–H and O–H groups in total. The van der Waals surface area contributed by atoms with E-state index >= 15 is 0 Å². The molecule has 8 nitrogen and oxygen atoms in total. The molecule has 0 bridgehead atoms. The van der Waals surface area contributed by atoms with Gasteiger partial charge in [-0.2, -0.15) is 0 Å². The van der Waals surface area contributed by atoms with Crippen LogP contribution in [0.5, 0.6) is 11.8 Å². The van der Waals surface area contributed by atoms with Gasteiger partial charge in [0.25, 0.3) is 10.0 Å². The maximum Gasteiger partial charge on any atom is 0.316 e. The van der Waals surface area contributed by atoms with Crippen LogP contribution in [0, 0.1) is 0 Å². The lowest BCUT2D eigenvalue weighted by atomic mass is 10.1. The fraction of sp³-hybridized carbons (Fsp3) is 0.118. The number of hydrogen-bond donors (Lipinski definition) is 1. The van der Waals surface area contributed by atoms with Crippen molar-refractivity contribution in [2.45, 2.75) is 4.90 Å². The van der Waals surface area contributed by atoms with Gasteiger partial charge in [-0.05, 0) is 24.3 Å². The second-order valence-corrected chi connectivity index (χ2v) is 7.89. The van der Waals surface area contributed by atoms with Crippen molar-refractivity contribution in [3.05, 3.63) is 53.5 Å². The Morgan fingerprint density at radius 1 is 0.963 bits per heavy atom. The Labute approximate surface area is 164 Å². The predicted molar refractivity (Wildman–Crippen MR) is 103 cm³/mol. The third-order valence-corrected chi connectivity index (χ3v) is 5.45. The Hall–Kier alpha value is -2.72. The van der Waals surface area contributed by atoms with Crippen molar-refractivity contribution < 1.29 is 17.9 Å². The van der Waals surface area contributed by atoms with Gasteiger partial charge in [0.2, 0.25) is 0 Å². The summed E-state index contributed by atoms with van der Waals surface area (Å²) >= 11 is 3.27. The smallest absolute Gasteiger partial charge is 0.316 e. The van der Waals surface area contributed by atoms with Gasteiger partial charge in [-0.25, -0.2) is 18.4 Å². The average Bonchev–Trinajstić information content (AvgIpc) is 2.68. The first-order valence-corrected chi connectivity index (χ1v) is 9.88. The molecule has 1 aromatic carbocycles. The van der Waals surface area contributed by atoms with E-state index in [2.05, 4.69) is 35.6 Å². The molecule has 0 fully saturated rings. The Bertz CT molecular complexity index is 1060. The summed E-state index contributed by atoms with van der Waals surface area (Å²) in [5.74, 6) is 0.235. The van der Waals surface area contributed by atoms with Crippen molar-refractivity contribution in [2.24, 2.45) is 0 Å². The van der Waals surface area contributed by atoms with Crippen molar-refractivity contribution >= 4 is 31.6 Å². The number of methoxy groups -OCH3 is 2.